The van der Waals surface area contributed by atoms with E-state index in [1.54, 1.807) is 53.6 Å². The lowest BCUT2D eigenvalue weighted by Gasteiger charge is -2.11. The van der Waals surface area contributed by atoms with E-state index in [0.717, 1.165) is 26.9 Å². The van der Waals surface area contributed by atoms with Gasteiger partial charge in [-0.1, -0.05) is 29.8 Å². The molecule has 0 aliphatic heterocycles. The number of halogens is 1. The second-order valence-corrected chi connectivity index (χ2v) is 9.62. The zero-order valence-electron chi connectivity index (χ0n) is 17.2. The van der Waals surface area contributed by atoms with Gasteiger partial charge in [-0.15, -0.1) is 23.1 Å². The molecule has 5 nitrogen and oxygen atoms in total. The molecular formula is C24H20ClN3O2S2. The number of thiazole rings is 1. The summed E-state index contributed by atoms with van der Waals surface area (Å²) in [5.41, 5.74) is 2.81. The van der Waals surface area contributed by atoms with Gasteiger partial charge >= 0.3 is 0 Å². The van der Waals surface area contributed by atoms with Gasteiger partial charge in [-0.2, -0.15) is 0 Å². The van der Waals surface area contributed by atoms with E-state index >= 15 is 0 Å². The topological polar surface area (TPSA) is 64.0 Å². The van der Waals surface area contributed by atoms with Crippen molar-refractivity contribution in [3.8, 4) is 0 Å². The van der Waals surface area contributed by atoms with Gasteiger partial charge in [0, 0.05) is 38.9 Å². The number of aryl methyl sites for hydroxylation is 1. The van der Waals surface area contributed by atoms with Crippen LogP contribution in [0.4, 0.5) is 5.69 Å². The minimum atomic E-state index is -0.236. The number of aromatic nitrogens is 2. The van der Waals surface area contributed by atoms with Crippen LogP contribution in [0.5, 0.6) is 0 Å². The summed E-state index contributed by atoms with van der Waals surface area (Å²) in [5.74, 6) is 0.558. The molecule has 0 bridgehead atoms. The van der Waals surface area contributed by atoms with Gasteiger partial charge in [-0.3, -0.25) is 9.59 Å². The molecule has 1 N–H and O–H groups in total. The van der Waals surface area contributed by atoms with Crippen molar-refractivity contribution in [3.05, 3.63) is 109 Å². The molecule has 4 rings (SSSR count). The molecule has 1 amide bonds. The Hall–Kier alpha value is -2.87. The highest BCUT2D eigenvalue weighted by Crippen LogP contribution is 2.24. The first-order valence-corrected chi connectivity index (χ1v) is 12.1. The molecule has 0 saturated carbocycles. The highest BCUT2D eigenvalue weighted by Gasteiger charge is 2.09. The van der Waals surface area contributed by atoms with Crippen molar-refractivity contribution in [3.63, 3.8) is 0 Å². The monoisotopic (exact) mass is 481 g/mol. The van der Waals surface area contributed by atoms with Gasteiger partial charge in [-0.25, -0.2) is 4.98 Å². The summed E-state index contributed by atoms with van der Waals surface area (Å²) in [6.07, 6.45) is 1.63. The third kappa shape index (κ3) is 5.68. The highest BCUT2D eigenvalue weighted by atomic mass is 35.5. The zero-order valence-corrected chi connectivity index (χ0v) is 19.6. The number of nitrogens with one attached hydrogen (secondary N) is 1. The summed E-state index contributed by atoms with van der Waals surface area (Å²) < 4.78 is 1.52. The van der Waals surface area contributed by atoms with E-state index in [-0.39, 0.29) is 11.5 Å². The van der Waals surface area contributed by atoms with Crippen LogP contribution in [0.15, 0.2) is 81.9 Å². The van der Waals surface area contributed by atoms with Crippen molar-refractivity contribution in [1.82, 2.24) is 9.55 Å². The van der Waals surface area contributed by atoms with E-state index in [9.17, 15) is 9.59 Å². The second-order valence-electron chi connectivity index (χ2n) is 7.10. The standard InChI is InChI=1S/C24H20ClN3O2S2/c1-16-26-20(14-31-16)15-32-21-9-6-17(7-10-21)24(30)27-19-8-11-23(29)28(13-19)12-18-4-2-3-5-22(18)25/h2-11,13-14H,12,15H2,1H3,(H,27,30). The van der Waals surface area contributed by atoms with Crippen LogP contribution in [0.2, 0.25) is 5.02 Å². The molecule has 0 fully saturated rings. The van der Waals surface area contributed by atoms with Crippen LogP contribution >= 0.6 is 34.7 Å². The molecule has 4 aromatic rings. The molecule has 0 saturated heterocycles. The van der Waals surface area contributed by atoms with Crippen molar-refractivity contribution >= 4 is 46.3 Å². The van der Waals surface area contributed by atoms with Crippen LogP contribution in [-0.4, -0.2) is 15.5 Å². The van der Waals surface area contributed by atoms with E-state index in [1.165, 1.54) is 10.6 Å². The molecule has 8 heteroatoms. The summed E-state index contributed by atoms with van der Waals surface area (Å²) in [5, 5.41) is 6.58. The predicted molar refractivity (Wildman–Crippen MR) is 132 cm³/mol. The quantitative estimate of drug-likeness (QED) is 0.336. The van der Waals surface area contributed by atoms with Crippen LogP contribution in [0.25, 0.3) is 0 Å². The highest BCUT2D eigenvalue weighted by molar-refractivity contribution is 7.98. The van der Waals surface area contributed by atoms with E-state index in [4.69, 9.17) is 11.6 Å². The van der Waals surface area contributed by atoms with E-state index in [0.29, 0.717) is 22.8 Å². The van der Waals surface area contributed by atoms with Crippen LogP contribution in [0, 0.1) is 6.92 Å². The smallest absolute Gasteiger partial charge is 0.255 e. The van der Waals surface area contributed by atoms with Crippen molar-refractivity contribution in [1.29, 1.82) is 0 Å². The largest absolute Gasteiger partial charge is 0.321 e. The lowest BCUT2D eigenvalue weighted by molar-refractivity contribution is 0.102. The van der Waals surface area contributed by atoms with Gasteiger partial charge in [-0.05, 0) is 48.9 Å². The predicted octanol–water partition coefficient (Wildman–Crippen LogP) is 5.86. The molecule has 2 aromatic heterocycles. The fourth-order valence-corrected chi connectivity index (χ4v) is 4.78. The number of amides is 1. The number of hydrogen-bond acceptors (Lipinski definition) is 5. The van der Waals surface area contributed by atoms with Gasteiger partial charge in [0.15, 0.2) is 0 Å². The van der Waals surface area contributed by atoms with E-state index in [2.05, 4.69) is 15.7 Å². The zero-order chi connectivity index (χ0) is 22.5. The van der Waals surface area contributed by atoms with Gasteiger partial charge in [0.05, 0.1) is 22.9 Å². The molecule has 0 spiro atoms. The first-order chi connectivity index (χ1) is 15.5. The number of benzene rings is 2. The first-order valence-electron chi connectivity index (χ1n) is 9.87. The molecule has 2 heterocycles. The number of anilines is 1. The normalized spacial score (nSPS) is 10.8. The molecule has 162 valence electrons. The van der Waals surface area contributed by atoms with Crippen LogP contribution < -0.4 is 10.9 Å². The minimum Gasteiger partial charge on any atom is -0.321 e. The van der Waals surface area contributed by atoms with Crippen LogP contribution in [0.3, 0.4) is 0 Å². The Morgan fingerprint density at radius 3 is 2.62 bits per heavy atom. The number of thioether (sulfide) groups is 1. The summed E-state index contributed by atoms with van der Waals surface area (Å²) in [7, 11) is 0. The SMILES string of the molecule is Cc1nc(CSc2ccc(C(=O)Nc3ccc(=O)n(Cc4ccccc4Cl)c3)cc2)cs1. The fourth-order valence-electron chi connectivity index (χ4n) is 3.08. The molecule has 0 atom stereocenters. The van der Waals surface area contributed by atoms with E-state index < -0.39 is 0 Å². The lowest BCUT2D eigenvalue weighted by Crippen LogP contribution is -2.21. The number of pyridine rings is 1. The fraction of sp³-hybridized carbons (Fsp3) is 0.125. The second kappa shape index (κ2) is 10.2. The Morgan fingerprint density at radius 2 is 1.91 bits per heavy atom. The molecular weight excluding hydrogens is 462 g/mol. The van der Waals surface area contributed by atoms with Crippen LogP contribution in [-0.2, 0) is 12.3 Å². The maximum Gasteiger partial charge on any atom is 0.255 e. The van der Waals surface area contributed by atoms with E-state index in [1.807, 2.05) is 37.3 Å². The number of hydrogen-bond donors (Lipinski definition) is 1. The average molecular weight is 482 g/mol. The maximum absolute atomic E-state index is 12.7. The third-order valence-corrected chi connectivity index (χ3v) is 6.95. The molecule has 2 aromatic carbocycles. The Kier molecular flexibility index (Phi) is 7.09. The van der Waals surface area contributed by atoms with Gasteiger partial charge in [0.1, 0.15) is 0 Å². The summed E-state index contributed by atoms with van der Waals surface area (Å²) in [6, 6.07) is 17.9. The molecule has 0 aliphatic carbocycles. The third-order valence-electron chi connectivity index (χ3n) is 4.71. The number of carbonyl (C=O) groups is 1. The average Bonchev–Trinajstić information content (AvgIpc) is 3.21. The molecule has 0 radical (unpaired) electrons. The van der Waals surface area contributed by atoms with Gasteiger partial charge < -0.3 is 9.88 Å². The van der Waals surface area contributed by atoms with Gasteiger partial charge in [0.25, 0.3) is 11.5 Å². The minimum absolute atomic E-state index is 0.167. The summed E-state index contributed by atoms with van der Waals surface area (Å²) >= 11 is 9.54. The summed E-state index contributed by atoms with van der Waals surface area (Å²) in [4.78, 5) is 30.5. The Bertz CT molecular complexity index is 1300. The Labute approximate surface area is 199 Å². The number of nitrogens with zero attached hydrogens (tertiary/aromatic N) is 2. The van der Waals surface area contributed by atoms with Crippen molar-refractivity contribution < 1.29 is 4.79 Å². The molecule has 32 heavy (non-hydrogen) atoms. The maximum atomic E-state index is 12.7. The molecule has 0 aliphatic rings. The van der Waals surface area contributed by atoms with Crippen molar-refractivity contribution in [2.45, 2.75) is 24.1 Å². The Morgan fingerprint density at radius 1 is 1.12 bits per heavy atom. The van der Waals surface area contributed by atoms with Crippen molar-refractivity contribution in [2.24, 2.45) is 0 Å². The van der Waals surface area contributed by atoms with Gasteiger partial charge in [0.2, 0.25) is 0 Å². The summed E-state index contributed by atoms with van der Waals surface area (Å²) in [6.45, 7) is 2.32. The molecule has 0 unspecified atom stereocenters. The lowest BCUT2D eigenvalue weighted by atomic mass is 10.2. The number of carbonyl (C=O) groups excluding carboxylic acids is 1. The van der Waals surface area contributed by atoms with Crippen molar-refractivity contribution in [2.75, 3.05) is 5.32 Å². The number of rotatable bonds is 7. The van der Waals surface area contributed by atoms with Crippen LogP contribution in [0.1, 0.15) is 26.6 Å². The Balaban J connectivity index is 1.41. The first kappa shape index (κ1) is 22.3.